The molecule has 1 atom stereocenters. The number of hydrogen-bond donors (Lipinski definition) is 1. The number of hydrogen-bond acceptors (Lipinski definition) is 4. The Kier molecular flexibility index (Phi) is 4.70. The van der Waals surface area contributed by atoms with Gasteiger partial charge in [0.05, 0.1) is 11.0 Å². The van der Waals surface area contributed by atoms with E-state index in [-0.39, 0.29) is 17.5 Å². The highest BCUT2D eigenvalue weighted by molar-refractivity contribution is 9.10. The molecule has 0 saturated carbocycles. The molecule has 0 aliphatic heterocycles. The Morgan fingerprint density at radius 3 is 2.57 bits per heavy atom. The summed E-state index contributed by atoms with van der Waals surface area (Å²) in [5.74, 6) is -0.0349. The van der Waals surface area contributed by atoms with Crippen LogP contribution in [0.15, 0.2) is 51.9 Å². The number of phenolic OH excluding ortho intramolecular Hbond substituents is 1. The van der Waals surface area contributed by atoms with Gasteiger partial charge in [0.1, 0.15) is 5.75 Å². The molecule has 0 spiro atoms. The van der Waals surface area contributed by atoms with Gasteiger partial charge >= 0.3 is 0 Å². The van der Waals surface area contributed by atoms with Crippen LogP contribution in [0, 0.1) is 10.1 Å². The molecule has 0 radical (unpaired) electrons. The summed E-state index contributed by atoms with van der Waals surface area (Å²) in [6.07, 6.45) is 1.45. The number of halogens is 1. The summed E-state index contributed by atoms with van der Waals surface area (Å²) in [6.45, 7) is 1.91. The molecule has 5 nitrogen and oxygen atoms in total. The number of rotatable bonds is 4. The first kappa shape index (κ1) is 15.2. The summed E-state index contributed by atoms with van der Waals surface area (Å²) < 4.78 is 0.985. The molecule has 0 bridgehead atoms. The van der Waals surface area contributed by atoms with Crippen molar-refractivity contribution in [3.8, 4) is 5.75 Å². The van der Waals surface area contributed by atoms with E-state index in [1.165, 1.54) is 24.4 Å². The van der Waals surface area contributed by atoms with Crippen molar-refractivity contribution < 1.29 is 10.0 Å². The zero-order valence-corrected chi connectivity index (χ0v) is 12.8. The van der Waals surface area contributed by atoms with Crippen LogP contribution in [-0.2, 0) is 0 Å². The van der Waals surface area contributed by atoms with Gasteiger partial charge in [-0.25, -0.2) is 0 Å². The van der Waals surface area contributed by atoms with Crippen LogP contribution in [0.2, 0.25) is 0 Å². The molecule has 0 heterocycles. The quantitative estimate of drug-likeness (QED) is 0.509. The van der Waals surface area contributed by atoms with Crippen molar-refractivity contribution in [2.24, 2.45) is 4.99 Å². The molecular formula is C15H13BrN2O3. The predicted octanol–water partition coefficient (Wildman–Crippen LogP) is 4.24. The van der Waals surface area contributed by atoms with Crippen molar-refractivity contribution >= 4 is 27.8 Å². The van der Waals surface area contributed by atoms with Crippen LogP contribution in [0.25, 0.3) is 0 Å². The molecule has 2 aromatic rings. The average molecular weight is 349 g/mol. The topological polar surface area (TPSA) is 75.7 Å². The lowest BCUT2D eigenvalue weighted by Crippen LogP contribution is -1.93. The molecule has 2 aromatic carbocycles. The van der Waals surface area contributed by atoms with E-state index >= 15 is 0 Å². The van der Waals surface area contributed by atoms with Crippen LogP contribution in [0.1, 0.15) is 24.1 Å². The summed E-state index contributed by atoms with van der Waals surface area (Å²) in [4.78, 5) is 14.6. The van der Waals surface area contributed by atoms with Gasteiger partial charge in [-0.05, 0) is 30.7 Å². The number of nitrogens with zero attached hydrogens (tertiary/aromatic N) is 2. The maximum Gasteiger partial charge on any atom is 0.270 e. The fourth-order valence-corrected chi connectivity index (χ4v) is 2.04. The Labute approximate surface area is 130 Å². The fourth-order valence-electron chi connectivity index (χ4n) is 1.78. The molecule has 0 saturated heterocycles. The normalized spacial score (nSPS) is 12.5. The second-order valence-corrected chi connectivity index (χ2v) is 5.42. The molecule has 0 aliphatic rings. The molecular weight excluding hydrogens is 336 g/mol. The van der Waals surface area contributed by atoms with Crippen LogP contribution in [-0.4, -0.2) is 16.2 Å². The average Bonchev–Trinajstić information content (AvgIpc) is 2.46. The molecule has 6 heteroatoms. The minimum absolute atomic E-state index is 0.0349. The van der Waals surface area contributed by atoms with Crippen molar-refractivity contribution in [3.63, 3.8) is 0 Å². The second-order valence-electron chi connectivity index (χ2n) is 4.51. The molecule has 21 heavy (non-hydrogen) atoms. The summed E-state index contributed by atoms with van der Waals surface area (Å²) in [6, 6.07) is 11.5. The highest BCUT2D eigenvalue weighted by Crippen LogP contribution is 2.23. The third-order valence-corrected chi connectivity index (χ3v) is 3.54. The van der Waals surface area contributed by atoms with Crippen molar-refractivity contribution in [1.29, 1.82) is 0 Å². The van der Waals surface area contributed by atoms with Crippen LogP contribution >= 0.6 is 15.9 Å². The summed E-state index contributed by atoms with van der Waals surface area (Å²) in [5, 5.41) is 20.4. The van der Waals surface area contributed by atoms with E-state index in [2.05, 4.69) is 20.9 Å². The fraction of sp³-hybridized carbons (Fsp3) is 0.133. The second kappa shape index (κ2) is 6.49. The lowest BCUT2D eigenvalue weighted by atomic mass is 10.1. The lowest BCUT2D eigenvalue weighted by Gasteiger charge is -2.07. The number of nitro groups is 1. The standard InChI is InChI=1S/C15H13BrN2O3/c1-10(11-2-4-13(16)5-3-11)17-9-12-8-14(18(20)21)6-7-15(12)19/h2-10,19H,1H3/t10-/m0/s1. The first-order valence-electron chi connectivity index (χ1n) is 6.23. The van der Waals surface area contributed by atoms with E-state index < -0.39 is 4.92 Å². The van der Waals surface area contributed by atoms with Gasteiger partial charge in [-0.15, -0.1) is 0 Å². The molecule has 0 aliphatic carbocycles. The molecule has 108 valence electrons. The van der Waals surface area contributed by atoms with Crippen molar-refractivity contribution in [2.45, 2.75) is 13.0 Å². The highest BCUT2D eigenvalue weighted by atomic mass is 79.9. The van der Waals surface area contributed by atoms with E-state index in [0.717, 1.165) is 10.0 Å². The largest absolute Gasteiger partial charge is 0.507 e. The highest BCUT2D eigenvalue weighted by Gasteiger charge is 2.09. The third kappa shape index (κ3) is 3.88. The molecule has 0 unspecified atom stereocenters. The minimum atomic E-state index is -0.505. The SMILES string of the molecule is C[C@H](N=Cc1cc([N+](=O)[O-])ccc1O)c1ccc(Br)cc1. The molecule has 2 rings (SSSR count). The van der Waals surface area contributed by atoms with Gasteiger partial charge in [-0.2, -0.15) is 0 Å². The number of aliphatic imine (C=N–C) groups is 1. The minimum Gasteiger partial charge on any atom is -0.507 e. The van der Waals surface area contributed by atoms with Gasteiger partial charge in [0.25, 0.3) is 5.69 Å². The Balaban J connectivity index is 2.22. The van der Waals surface area contributed by atoms with Crippen molar-refractivity contribution in [2.75, 3.05) is 0 Å². The molecule has 0 aromatic heterocycles. The first-order chi connectivity index (χ1) is 9.97. The van der Waals surface area contributed by atoms with E-state index in [1.54, 1.807) is 0 Å². The van der Waals surface area contributed by atoms with Gasteiger partial charge < -0.3 is 5.11 Å². The van der Waals surface area contributed by atoms with E-state index in [9.17, 15) is 15.2 Å². The van der Waals surface area contributed by atoms with Crippen LogP contribution in [0.5, 0.6) is 5.75 Å². The Bertz CT molecular complexity index is 684. The van der Waals surface area contributed by atoms with E-state index in [0.29, 0.717) is 5.56 Å². The van der Waals surface area contributed by atoms with Crippen LogP contribution in [0.3, 0.4) is 0 Å². The molecule has 0 fully saturated rings. The zero-order valence-electron chi connectivity index (χ0n) is 11.2. The number of aromatic hydroxyl groups is 1. The number of phenols is 1. The number of non-ortho nitro benzene ring substituents is 1. The Morgan fingerprint density at radius 1 is 1.29 bits per heavy atom. The van der Waals surface area contributed by atoms with E-state index in [4.69, 9.17) is 0 Å². The van der Waals surface area contributed by atoms with Crippen molar-refractivity contribution in [1.82, 2.24) is 0 Å². The maximum atomic E-state index is 10.7. The summed E-state index contributed by atoms with van der Waals surface area (Å²) in [7, 11) is 0. The zero-order chi connectivity index (χ0) is 15.4. The van der Waals surface area contributed by atoms with Gasteiger partial charge in [-0.3, -0.25) is 15.1 Å². The number of benzene rings is 2. The molecule has 1 N–H and O–H groups in total. The third-order valence-electron chi connectivity index (χ3n) is 3.01. The van der Waals surface area contributed by atoms with Gasteiger partial charge in [-0.1, -0.05) is 28.1 Å². The predicted molar refractivity (Wildman–Crippen MR) is 84.9 cm³/mol. The van der Waals surface area contributed by atoms with Crippen LogP contribution in [0.4, 0.5) is 5.69 Å². The monoisotopic (exact) mass is 348 g/mol. The number of nitro benzene ring substituents is 1. The van der Waals surface area contributed by atoms with Gasteiger partial charge in [0, 0.05) is 28.4 Å². The van der Waals surface area contributed by atoms with Gasteiger partial charge in [0.2, 0.25) is 0 Å². The summed E-state index contributed by atoms with van der Waals surface area (Å²) >= 11 is 3.37. The van der Waals surface area contributed by atoms with E-state index in [1.807, 2.05) is 31.2 Å². The smallest absolute Gasteiger partial charge is 0.270 e. The van der Waals surface area contributed by atoms with Crippen LogP contribution < -0.4 is 0 Å². The Morgan fingerprint density at radius 2 is 1.95 bits per heavy atom. The van der Waals surface area contributed by atoms with Crippen molar-refractivity contribution in [3.05, 3.63) is 68.2 Å². The first-order valence-corrected chi connectivity index (χ1v) is 7.02. The Hall–Kier alpha value is -2.21. The summed E-state index contributed by atoms with van der Waals surface area (Å²) in [5.41, 5.74) is 1.26. The van der Waals surface area contributed by atoms with Gasteiger partial charge in [0.15, 0.2) is 0 Å². The molecule has 0 amide bonds. The lowest BCUT2D eigenvalue weighted by molar-refractivity contribution is -0.384. The maximum absolute atomic E-state index is 10.7.